The van der Waals surface area contributed by atoms with E-state index in [9.17, 15) is 4.79 Å². The zero-order valence-electron chi connectivity index (χ0n) is 7.14. The molecule has 2 nitrogen and oxygen atoms in total. The normalized spacial score (nSPS) is 11.4. The molecule has 0 aromatic heterocycles. The van der Waals surface area contributed by atoms with Gasteiger partial charge in [-0.15, -0.1) is 0 Å². The predicted molar refractivity (Wildman–Crippen MR) is 42.7 cm³/mol. The van der Waals surface area contributed by atoms with Crippen molar-refractivity contribution >= 4 is 5.78 Å². The van der Waals surface area contributed by atoms with Gasteiger partial charge < -0.3 is 4.90 Å². The summed E-state index contributed by atoms with van der Waals surface area (Å²) in [5.41, 5.74) is 1.13. The van der Waals surface area contributed by atoms with Crippen LogP contribution in [0, 0.1) is 0 Å². The van der Waals surface area contributed by atoms with Crippen molar-refractivity contribution in [1.29, 1.82) is 0 Å². The fraction of sp³-hybridized carbons (Fsp3) is 0.625. The molecule has 0 saturated heterocycles. The van der Waals surface area contributed by atoms with E-state index < -0.39 is 0 Å². The summed E-state index contributed by atoms with van der Waals surface area (Å²) in [6.07, 6.45) is 2.48. The Kier molecular flexibility index (Phi) is 3.77. The second-order valence-electron chi connectivity index (χ2n) is 2.65. The monoisotopic (exact) mass is 141 g/mol. The molecular formula is C8H15NO. The number of carbonyl (C=O) groups excluding carboxylic acids is 1. The standard InChI is InChI=1S/C8H15NO/c1-7(9(3)4)5-6-8(2)10/h5H,6H2,1-4H3. The van der Waals surface area contributed by atoms with E-state index >= 15 is 0 Å². The molecule has 0 aliphatic rings. The number of Topliss-reactive ketones (excluding diaryl/α,β-unsaturated/α-hetero) is 1. The van der Waals surface area contributed by atoms with Gasteiger partial charge in [-0.1, -0.05) is 6.08 Å². The van der Waals surface area contributed by atoms with Gasteiger partial charge in [0.15, 0.2) is 0 Å². The fourth-order valence-electron chi connectivity index (χ4n) is 0.474. The highest BCUT2D eigenvalue weighted by Gasteiger charge is 1.91. The third-order valence-electron chi connectivity index (χ3n) is 1.39. The molecule has 0 radical (unpaired) electrons. The minimum atomic E-state index is 0.209. The Morgan fingerprint density at radius 2 is 1.90 bits per heavy atom. The third-order valence-corrected chi connectivity index (χ3v) is 1.39. The van der Waals surface area contributed by atoms with Crippen molar-refractivity contribution in [2.45, 2.75) is 20.3 Å². The summed E-state index contributed by atoms with van der Waals surface area (Å²) < 4.78 is 0. The molecule has 0 amide bonds. The summed E-state index contributed by atoms with van der Waals surface area (Å²) in [6.45, 7) is 3.59. The Balaban J connectivity index is 3.80. The lowest BCUT2D eigenvalue weighted by Gasteiger charge is -2.11. The molecule has 0 fully saturated rings. The summed E-state index contributed by atoms with van der Waals surface area (Å²) in [4.78, 5) is 12.5. The van der Waals surface area contributed by atoms with E-state index in [1.807, 2.05) is 32.0 Å². The highest BCUT2D eigenvalue weighted by atomic mass is 16.1. The molecular weight excluding hydrogens is 126 g/mol. The SMILES string of the molecule is CC(=O)CC=C(C)N(C)C. The van der Waals surface area contributed by atoms with E-state index in [1.54, 1.807) is 6.92 Å². The average molecular weight is 141 g/mol. The number of carbonyl (C=O) groups is 1. The molecule has 0 spiro atoms. The molecule has 2 heteroatoms. The lowest BCUT2D eigenvalue weighted by Crippen LogP contribution is -2.08. The van der Waals surface area contributed by atoms with Gasteiger partial charge in [-0.3, -0.25) is 4.79 Å². The molecule has 0 aromatic carbocycles. The van der Waals surface area contributed by atoms with Gasteiger partial charge >= 0.3 is 0 Å². The van der Waals surface area contributed by atoms with Crippen LogP contribution in [0.4, 0.5) is 0 Å². The number of hydrogen-bond acceptors (Lipinski definition) is 2. The van der Waals surface area contributed by atoms with E-state index in [0.717, 1.165) is 5.70 Å². The zero-order chi connectivity index (χ0) is 8.15. The van der Waals surface area contributed by atoms with Crippen molar-refractivity contribution < 1.29 is 4.79 Å². The lowest BCUT2D eigenvalue weighted by molar-refractivity contribution is -0.116. The second-order valence-corrected chi connectivity index (χ2v) is 2.65. The quantitative estimate of drug-likeness (QED) is 0.592. The molecule has 0 aliphatic carbocycles. The first-order chi connectivity index (χ1) is 4.54. The minimum Gasteiger partial charge on any atom is -0.381 e. The maximum absolute atomic E-state index is 10.5. The number of rotatable bonds is 3. The van der Waals surface area contributed by atoms with E-state index in [1.165, 1.54) is 0 Å². The van der Waals surface area contributed by atoms with E-state index in [-0.39, 0.29) is 5.78 Å². The van der Waals surface area contributed by atoms with Crippen LogP contribution in [0.3, 0.4) is 0 Å². The van der Waals surface area contributed by atoms with Gasteiger partial charge in [-0.25, -0.2) is 0 Å². The molecule has 0 saturated carbocycles. The van der Waals surface area contributed by atoms with Gasteiger partial charge in [-0.05, 0) is 13.8 Å². The molecule has 10 heavy (non-hydrogen) atoms. The van der Waals surface area contributed by atoms with Crippen LogP contribution < -0.4 is 0 Å². The molecule has 0 unspecified atom stereocenters. The van der Waals surface area contributed by atoms with Crippen molar-refractivity contribution in [3.8, 4) is 0 Å². The first-order valence-corrected chi connectivity index (χ1v) is 3.37. The first kappa shape index (κ1) is 9.21. The zero-order valence-corrected chi connectivity index (χ0v) is 7.14. The van der Waals surface area contributed by atoms with Crippen LogP contribution in [0.15, 0.2) is 11.8 Å². The second kappa shape index (κ2) is 4.09. The first-order valence-electron chi connectivity index (χ1n) is 3.37. The topological polar surface area (TPSA) is 20.3 Å². The van der Waals surface area contributed by atoms with Crippen LogP contribution in [0.1, 0.15) is 20.3 Å². The molecule has 0 heterocycles. The Hall–Kier alpha value is -0.790. The molecule has 0 bridgehead atoms. The van der Waals surface area contributed by atoms with Gasteiger partial charge in [-0.2, -0.15) is 0 Å². The van der Waals surface area contributed by atoms with E-state index in [2.05, 4.69) is 0 Å². The maximum Gasteiger partial charge on any atom is 0.133 e. The minimum absolute atomic E-state index is 0.209. The van der Waals surface area contributed by atoms with Gasteiger partial charge in [0.1, 0.15) is 5.78 Å². The van der Waals surface area contributed by atoms with Crippen molar-refractivity contribution in [3.63, 3.8) is 0 Å². The van der Waals surface area contributed by atoms with Crippen LogP contribution in [-0.4, -0.2) is 24.8 Å². The fourth-order valence-corrected chi connectivity index (χ4v) is 0.474. The number of nitrogens with zero attached hydrogens (tertiary/aromatic N) is 1. The highest BCUT2D eigenvalue weighted by Crippen LogP contribution is 1.97. The van der Waals surface area contributed by atoms with Crippen molar-refractivity contribution in [2.75, 3.05) is 14.1 Å². The van der Waals surface area contributed by atoms with Crippen LogP contribution in [-0.2, 0) is 4.79 Å². The van der Waals surface area contributed by atoms with Crippen molar-refractivity contribution in [3.05, 3.63) is 11.8 Å². The Morgan fingerprint density at radius 1 is 1.40 bits per heavy atom. The molecule has 0 N–H and O–H groups in total. The Morgan fingerprint density at radius 3 is 2.20 bits per heavy atom. The predicted octanol–water partition coefficient (Wildman–Crippen LogP) is 1.43. The van der Waals surface area contributed by atoms with Gasteiger partial charge in [0.2, 0.25) is 0 Å². The average Bonchev–Trinajstić information content (AvgIpc) is 1.82. The van der Waals surface area contributed by atoms with Crippen molar-refractivity contribution in [2.24, 2.45) is 0 Å². The highest BCUT2D eigenvalue weighted by molar-refractivity contribution is 5.77. The van der Waals surface area contributed by atoms with E-state index in [4.69, 9.17) is 0 Å². The van der Waals surface area contributed by atoms with Gasteiger partial charge in [0, 0.05) is 26.2 Å². The maximum atomic E-state index is 10.5. The van der Waals surface area contributed by atoms with Gasteiger partial charge in [0.25, 0.3) is 0 Å². The molecule has 58 valence electrons. The van der Waals surface area contributed by atoms with Crippen molar-refractivity contribution in [1.82, 2.24) is 4.90 Å². The Bertz CT molecular complexity index is 147. The molecule has 0 aliphatic heterocycles. The largest absolute Gasteiger partial charge is 0.381 e. The number of hydrogen-bond donors (Lipinski definition) is 0. The van der Waals surface area contributed by atoms with Crippen LogP contribution in [0.25, 0.3) is 0 Å². The Labute approximate surface area is 62.5 Å². The summed E-state index contributed by atoms with van der Waals surface area (Å²) in [7, 11) is 3.93. The van der Waals surface area contributed by atoms with Gasteiger partial charge in [0.05, 0.1) is 0 Å². The van der Waals surface area contributed by atoms with E-state index in [0.29, 0.717) is 6.42 Å². The summed E-state index contributed by atoms with van der Waals surface area (Å²) in [5, 5.41) is 0. The molecule has 0 aromatic rings. The smallest absolute Gasteiger partial charge is 0.133 e. The summed E-state index contributed by atoms with van der Waals surface area (Å²) in [5.74, 6) is 0.209. The summed E-state index contributed by atoms with van der Waals surface area (Å²) >= 11 is 0. The summed E-state index contributed by atoms with van der Waals surface area (Å²) in [6, 6.07) is 0. The van der Waals surface area contributed by atoms with Crippen LogP contribution in [0.5, 0.6) is 0 Å². The number of allylic oxidation sites excluding steroid dienone is 2. The third kappa shape index (κ3) is 4.13. The number of ketones is 1. The van der Waals surface area contributed by atoms with Crippen LogP contribution in [0.2, 0.25) is 0 Å². The lowest BCUT2D eigenvalue weighted by atomic mass is 10.2. The molecule has 0 atom stereocenters. The molecule has 0 rings (SSSR count). The van der Waals surface area contributed by atoms with Crippen LogP contribution >= 0.6 is 0 Å².